The Balaban J connectivity index is 2.24. The Morgan fingerprint density at radius 3 is 2.35 bits per heavy atom. The summed E-state index contributed by atoms with van der Waals surface area (Å²) in [5.41, 5.74) is 3.04. The lowest BCUT2D eigenvalue weighted by Crippen LogP contribution is -2.14. The maximum absolute atomic E-state index is 13.0. The van der Waals surface area contributed by atoms with Gasteiger partial charge in [-0.2, -0.15) is 0 Å². The first kappa shape index (κ1) is 14.7. The molecule has 0 saturated carbocycles. The molecule has 1 unspecified atom stereocenters. The zero-order valence-corrected chi connectivity index (χ0v) is 12.6. The van der Waals surface area contributed by atoms with Gasteiger partial charge in [-0.3, -0.25) is 0 Å². The van der Waals surface area contributed by atoms with Gasteiger partial charge in [-0.25, -0.2) is 4.39 Å². The van der Waals surface area contributed by atoms with E-state index in [0.29, 0.717) is 5.02 Å². The molecule has 4 heteroatoms. The Kier molecular flexibility index (Phi) is 4.50. The number of benzene rings is 2. The Morgan fingerprint density at radius 1 is 1.10 bits per heavy atom. The van der Waals surface area contributed by atoms with Crippen LogP contribution >= 0.6 is 11.6 Å². The summed E-state index contributed by atoms with van der Waals surface area (Å²) in [5, 5.41) is 4.10. The lowest BCUT2D eigenvalue weighted by atomic mass is 10.1. The molecule has 2 aromatic rings. The number of anilines is 2. The summed E-state index contributed by atoms with van der Waals surface area (Å²) >= 11 is 6.06. The molecule has 0 amide bonds. The summed E-state index contributed by atoms with van der Waals surface area (Å²) in [4.78, 5) is 2.02. The van der Waals surface area contributed by atoms with E-state index in [1.807, 2.05) is 44.1 Å². The molecule has 2 aromatic carbocycles. The van der Waals surface area contributed by atoms with E-state index in [4.69, 9.17) is 11.6 Å². The molecule has 0 aliphatic rings. The van der Waals surface area contributed by atoms with Crippen LogP contribution in [0.1, 0.15) is 18.5 Å². The number of nitrogens with one attached hydrogen (secondary N) is 1. The van der Waals surface area contributed by atoms with Crippen LogP contribution < -0.4 is 10.2 Å². The van der Waals surface area contributed by atoms with Crippen LogP contribution in [0.15, 0.2) is 42.5 Å². The molecule has 1 atom stereocenters. The standard InChI is InChI=1S/C16H18ClFN2/c1-11(12-4-7-14(18)8-5-12)19-15-10-13(17)6-9-16(15)20(2)3/h4-11,19H,1-3H3. The topological polar surface area (TPSA) is 15.3 Å². The molecule has 0 saturated heterocycles. The Bertz CT molecular complexity index is 582. The average molecular weight is 293 g/mol. The monoisotopic (exact) mass is 292 g/mol. The molecular formula is C16H18ClFN2. The minimum absolute atomic E-state index is 0.0627. The van der Waals surface area contributed by atoms with Crippen LogP contribution in [0.3, 0.4) is 0 Å². The molecule has 0 bridgehead atoms. The van der Waals surface area contributed by atoms with Crippen LogP contribution in [0, 0.1) is 5.82 Å². The van der Waals surface area contributed by atoms with Crippen molar-refractivity contribution in [3.63, 3.8) is 0 Å². The van der Waals surface area contributed by atoms with Crippen molar-refractivity contribution in [3.05, 3.63) is 58.9 Å². The normalized spacial score (nSPS) is 12.1. The molecule has 106 valence electrons. The molecule has 0 aromatic heterocycles. The van der Waals surface area contributed by atoms with E-state index in [-0.39, 0.29) is 11.9 Å². The summed E-state index contributed by atoms with van der Waals surface area (Å²) in [6.07, 6.45) is 0. The van der Waals surface area contributed by atoms with Gasteiger partial charge in [0.05, 0.1) is 11.4 Å². The smallest absolute Gasteiger partial charge is 0.123 e. The summed E-state index contributed by atoms with van der Waals surface area (Å²) in [6.45, 7) is 2.04. The van der Waals surface area contributed by atoms with Gasteiger partial charge in [0.25, 0.3) is 0 Å². The highest BCUT2D eigenvalue weighted by Gasteiger charge is 2.10. The maximum Gasteiger partial charge on any atom is 0.123 e. The fraction of sp³-hybridized carbons (Fsp3) is 0.250. The third-order valence-corrected chi connectivity index (χ3v) is 3.42. The van der Waals surface area contributed by atoms with Crippen molar-refractivity contribution < 1.29 is 4.39 Å². The largest absolute Gasteiger partial charge is 0.377 e. The van der Waals surface area contributed by atoms with Gasteiger partial charge in [-0.15, -0.1) is 0 Å². The van der Waals surface area contributed by atoms with Crippen molar-refractivity contribution in [2.24, 2.45) is 0 Å². The lowest BCUT2D eigenvalue weighted by Gasteiger charge is -2.22. The van der Waals surface area contributed by atoms with E-state index in [2.05, 4.69) is 5.32 Å². The Hall–Kier alpha value is -1.74. The van der Waals surface area contributed by atoms with E-state index in [0.717, 1.165) is 16.9 Å². The number of hydrogen-bond donors (Lipinski definition) is 1. The predicted molar refractivity (Wildman–Crippen MR) is 84.2 cm³/mol. The minimum Gasteiger partial charge on any atom is -0.377 e. The molecule has 2 nitrogen and oxygen atoms in total. The van der Waals surface area contributed by atoms with Crippen molar-refractivity contribution in [1.29, 1.82) is 0 Å². The van der Waals surface area contributed by atoms with Crippen LogP contribution in [0.5, 0.6) is 0 Å². The Labute approximate surface area is 124 Å². The van der Waals surface area contributed by atoms with Crippen molar-refractivity contribution in [2.45, 2.75) is 13.0 Å². The first-order valence-corrected chi connectivity index (χ1v) is 6.84. The van der Waals surface area contributed by atoms with Gasteiger partial charge in [-0.1, -0.05) is 23.7 Å². The highest BCUT2D eigenvalue weighted by molar-refractivity contribution is 6.31. The molecule has 0 heterocycles. The average Bonchev–Trinajstić information content (AvgIpc) is 2.39. The van der Waals surface area contributed by atoms with Crippen LogP contribution in [0.25, 0.3) is 0 Å². The molecule has 1 N–H and O–H groups in total. The molecule has 20 heavy (non-hydrogen) atoms. The first-order chi connectivity index (χ1) is 9.47. The van der Waals surface area contributed by atoms with Gasteiger partial charge in [0, 0.05) is 25.2 Å². The summed E-state index contributed by atoms with van der Waals surface area (Å²) in [7, 11) is 3.97. The van der Waals surface area contributed by atoms with Gasteiger partial charge >= 0.3 is 0 Å². The maximum atomic E-state index is 13.0. The second kappa shape index (κ2) is 6.14. The van der Waals surface area contributed by atoms with E-state index in [9.17, 15) is 4.39 Å². The fourth-order valence-electron chi connectivity index (χ4n) is 2.08. The summed E-state index contributed by atoms with van der Waals surface area (Å²) < 4.78 is 13.0. The van der Waals surface area contributed by atoms with E-state index >= 15 is 0 Å². The van der Waals surface area contributed by atoms with Crippen LogP contribution in [0.4, 0.5) is 15.8 Å². The van der Waals surface area contributed by atoms with E-state index in [1.165, 1.54) is 12.1 Å². The fourth-order valence-corrected chi connectivity index (χ4v) is 2.25. The highest BCUT2D eigenvalue weighted by Crippen LogP contribution is 2.30. The molecular weight excluding hydrogens is 275 g/mol. The number of hydrogen-bond acceptors (Lipinski definition) is 2. The number of rotatable bonds is 4. The predicted octanol–water partition coefficient (Wildman–Crippen LogP) is 4.72. The van der Waals surface area contributed by atoms with Crippen molar-refractivity contribution in [1.82, 2.24) is 0 Å². The minimum atomic E-state index is -0.224. The van der Waals surface area contributed by atoms with Crippen LogP contribution in [-0.2, 0) is 0 Å². The molecule has 2 rings (SSSR count). The van der Waals surface area contributed by atoms with Gasteiger partial charge in [0.15, 0.2) is 0 Å². The molecule has 0 aliphatic carbocycles. The van der Waals surface area contributed by atoms with Crippen molar-refractivity contribution in [3.8, 4) is 0 Å². The van der Waals surface area contributed by atoms with Gasteiger partial charge in [0.2, 0.25) is 0 Å². The highest BCUT2D eigenvalue weighted by atomic mass is 35.5. The van der Waals surface area contributed by atoms with E-state index in [1.54, 1.807) is 12.1 Å². The second-order valence-corrected chi connectivity index (χ2v) is 5.41. The molecule has 0 aliphatic heterocycles. The first-order valence-electron chi connectivity index (χ1n) is 6.46. The second-order valence-electron chi connectivity index (χ2n) is 4.97. The number of nitrogens with zero attached hydrogens (tertiary/aromatic N) is 1. The molecule has 0 spiro atoms. The summed E-state index contributed by atoms with van der Waals surface area (Å²) in [5.74, 6) is -0.224. The lowest BCUT2D eigenvalue weighted by molar-refractivity contribution is 0.626. The zero-order chi connectivity index (χ0) is 14.7. The van der Waals surface area contributed by atoms with Gasteiger partial charge in [0.1, 0.15) is 5.82 Å². The third-order valence-electron chi connectivity index (χ3n) is 3.18. The SMILES string of the molecule is CC(Nc1cc(Cl)ccc1N(C)C)c1ccc(F)cc1. The number of halogens is 2. The molecule has 0 fully saturated rings. The van der Waals surface area contributed by atoms with Crippen LogP contribution in [-0.4, -0.2) is 14.1 Å². The van der Waals surface area contributed by atoms with Crippen molar-refractivity contribution >= 4 is 23.0 Å². The summed E-state index contributed by atoms with van der Waals surface area (Å²) in [6, 6.07) is 12.3. The Morgan fingerprint density at radius 2 is 1.75 bits per heavy atom. The van der Waals surface area contributed by atoms with Gasteiger partial charge in [-0.05, 0) is 42.8 Å². The van der Waals surface area contributed by atoms with Crippen molar-refractivity contribution in [2.75, 3.05) is 24.3 Å². The molecule has 0 radical (unpaired) electrons. The third kappa shape index (κ3) is 3.42. The van der Waals surface area contributed by atoms with Crippen LogP contribution in [0.2, 0.25) is 5.02 Å². The van der Waals surface area contributed by atoms with E-state index < -0.39 is 0 Å². The quantitative estimate of drug-likeness (QED) is 0.877. The zero-order valence-electron chi connectivity index (χ0n) is 11.8. The van der Waals surface area contributed by atoms with Gasteiger partial charge < -0.3 is 10.2 Å².